The summed E-state index contributed by atoms with van der Waals surface area (Å²) in [4.78, 5) is 0. The number of halogens is 1. The summed E-state index contributed by atoms with van der Waals surface area (Å²) in [5.74, 6) is 6.34. The molecule has 0 N–H and O–H groups in total. The van der Waals surface area contributed by atoms with Gasteiger partial charge in [-0.05, 0) is 84.0 Å². The molecule has 0 unspecified atom stereocenters. The fraction of sp³-hybridized carbons (Fsp3) is 0.188. The van der Waals surface area contributed by atoms with Crippen molar-refractivity contribution in [2.45, 2.75) is 39.0 Å². The molecule has 0 aliphatic heterocycles. The van der Waals surface area contributed by atoms with Crippen LogP contribution < -0.4 is 0 Å². The monoisotopic (exact) mass is 432 g/mol. The average Bonchev–Trinajstić information content (AvgIpc) is 2.86. The lowest BCUT2D eigenvalue weighted by molar-refractivity contribution is 0.624. The third-order valence-electron chi connectivity index (χ3n) is 6.08. The summed E-state index contributed by atoms with van der Waals surface area (Å²) in [5, 5.41) is 1.55. The lowest BCUT2D eigenvalue weighted by atomic mass is 10.0. The Morgan fingerprint density at radius 1 is 0.727 bits per heavy atom. The average molecular weight is 433 g/mol. The van der Waals surface area contributed by atoms with E-state index in [0.29, 0.717) is 11.8 Å². The van der Waals surface area contributed by atoms with E-state index >= 15 is 0 Å². The summed E-state index contributed by atoms with van der Waals surface area (Å²) in [6, 6.07) is 26.9. The first-order valence-corrected chi connectivity index (χ1v) is 11.7. The molecule has 0 amide bonds. The molecule has 4 aromatic carbocycles. The van der Waals surface area contributed by atoms with Gasteiger partial charge in [-0.2, -0.15) is 0 Å². The van der Waals surface area contributed by atoms with Crippen LogP contribution in [-0.4, -0.2) is 0 Å². The number of aryl methyl sites for hydroxylation is 4. The number of hydrogen-bond acceptors (Lipinski definition) is 0. The zero-order valence-corrected chi connectivity index (χ0v) is 19.2. The normalized spacial score (nSPS) is 10.6. The van der Waals surface area contributed by atoms with Gasteiger partial charge in [0.15, 0.2) is 0 Å². The van der Waals surface area contributed by atoms with Crippen molar-refractivity contribution in [1.29, 1.82) is 0 Å². The molecule has 0 fully saturated rings. The van der Waals surface area contributed by atoms with Gasteiger partial charge in [-0.3, -0.25) is 0 Å². The summed E-state index contributed by atoms with van der Waals surface area (Å²) in [5.41, 5.74) is 6.67. The second kappa shape index (κ2) is 10.8. The molecule has 0 saturated carbocycles. The van der Waals surface area contributed by atoms with Crippen LogP contribution >= 0.6 is 0 Å². The first-order chi connectivity index (χ1) is 16.2. The maximum Gasteiger partial charge on any atom is 0.134 e. The molecule has 33 heavy (non-hydrogen) atoms. The van der Waals surface area contributed by atoms with Crippen LogP contribution in [0.2, 0.25) is 0 Å². The van der Waals surface area contributed by atoms with E-state index in [1.165, 1.54) is 16.7 Å². The SMILES string of the molecule is C=CCCc1ccc(CCc2ccc(C#Cc3ccc4c(F)c(CC)ccc4c3)cc2)cc1. The highest BCUT2D eigenvalue weighted by atomic mass is 19.1. The van der Waals surface area contributed by atoms with Gasteiger partial charge in [0.1, 0.15) is 5.82 Å². The minimum Gasteiger partial charge on any atom is -0.206 e. The van der Waals surface area contributed by atoms with Gasteiger partial charge in [-0.1, -0.05) is 79.4 Å². The highest BCUT2D eigenvalue weighted by molar-refractivity contribution is 5.85. The van der Waals surface area contributed by atoms with Crippen LogP contribution in [0.5, 0.6) is 0 Å². The Bertz CT molecular complexity index is 1300. The summed E-state index contributed by atoms with van der Waals surface area (Å²) in [7, 11) is 0. The number of hydrogen-bond donors (Lipinski definition) is 0. The summed E-state index contributed by atoms with van der Waals surface area (Å²) >= 11 is 0. The van der Waals surface area contributed by atoms with E-state index in [1.54, 1.807) is 0 Å². The van der Waals surface area contributed by atoms with Gasteiger partial charge < -0.3 is 0 Å². The van der Waals surface area contributed by atoms with Crippen molar-refractivity contribution in [3.05, 3.63) is 131 Å². The Morgan fingerprint density at radius 2 is 1.30 bits per heavy atom. The second-order valence-corrected chi connectivity index (χ2v) is 8.42. The van der Waals surface area contributed by atoms with E-state index in [-0.39, 0.29) is 5.82 Å². The van der Waals surface area contributed by atoms with E-state index in [9.17, 15) is 4.39 Å². The molecule has 0 spiro atoms. The molecule has 0 bridgehead atoms. The highest BCUT2D eigenvalue weighted by Gasteiger charge is 2.06. The molecular formula is C32H29F. The maximum atomic E-state index is 14.5. The quantitative estimate of drug-likeness (QED) is 0.206. The summed E-state index contributed by atoms with van der Waals surface area (Å²) < 4.78 is 14.5. The minimum atomic E-state index is -0.117. The summed E-state index contributed by atoms with van der Waals surface area (Å²) in [6.07, 6.45) is 6.78. The van der Waals surface area contributed by atoms with Gasteiger partial charge in [0, 0.05) is 16.5 Å². The van der Waals surface area contributed by atoms with Crippen molar-refractivity contribution >= 4 is 10.8 Å². The summed E-state index contributed by atoms with van der Waals surface area (Å²) in [6.45, 7) is 5.76. The fourth-order valence-corrected chi connectivity index (χ4v) is 4.02. The van der Waals surface area contributed by atoms with Gasteiger partial charge in [0.25, 0.3) is 0 Å². The van der Waals surface area contributed by atoms with Crippen molar-refractivity contribution in [2.75, 3.05) is 0 Å². The van der Waals surface area contributed by atoms with Crippen LogP contribution in [0.25, 0.3) is 10.8 Å². The molecule has 0 saturated heterocycles. The third kappa shape index (κ3) is 5.79. The molecule has 0 radical (unpaired) electrons. The Balaban J connectivity index is 1.38. The first kappa shape index (κ1) is 22.6. The Morgan fingerprint density at radius 3 is 1.94 bits per heavy atom. The lowest BCUT2D eigenvalue weighted by Gasteiger charge is -2.05. The first-order valence-electron chi connectivity index (χ1n) is 11.7. The molecule has 164 valence electrons. The Kier molecular flexibility index (Phi) is 7.38. The molecule has 0 atom stereocenters. The predicted octanol–water partition coefficient (Wildman–Crippen LogP) is 7.84. The van der Waals surface area contributed by atoms with Gasteiger partial charge in [-0.25, -0.2) is 4.39 Å². The largest absolute Gasteiger partial charge is 0.206 e. The van der Waals surface area contributed by atoms with Crippen molar-refractivity contribution in [3.63, 3.8) is 0 Å². The zero-order chi connectivity index (χ0) is 23.0. The lowest BCUT2D eigenvalue weighted by Crippen LogP contribution is -1.92. The number of rotatable bonds is 7. The molecule has 4 rings (SSSR count). The Hall–Kier alpha value is -3.63. The topological polar surface area (TPSA) is 0 Å². The van der Waals surface area contributed by atoms with Crippen LogP contribution in [0.15, 0.2) is 91.5 Å². The molecule has 1 heteroatoms. The third-order valence-corrected chi connectivity index (χ3v) is 6.08. The molecule has 4 aromatic rings. The molecule has 0 aliphatic rings. The van der Waals surface area contributed by atoms with Gasteiger partial charge in [0.05, 0.1) is 0 Å². The molecular weight excluding hydrogens is 403 g/mol. The van der Waals surface area contributed by atoms with Crippen LogP contribution in [0.1, 0.15) is 46.7 Å². The second-order valence-electron chi connectivity index (χ2n) is 8.42. The Labute approximate surface area is 196 Å². The van der Waals surface area contributed by atoms with Crippen molar-refractivity contribution < 1.29 is 4.39 Å². The van der Waals surface area contributed by atoms with E-state index in [4.69, 9.17) is 0 Å². The number of fused-ring (bicyclic) bond motifs is 1. The molecule has 0 aromatic heterocycles. The number of allylic oxidation sites excluding steroid dienone is 1. The highest BCUT2D eigenvalue weighted by Crippen LogP contribution is 2.22. The maximum absolute atomic E-state index is 14.5. The van der Waals surface area contributed by atoms with Crippen LogP contribution in [0.3, 0.4) is 0 Å². The number of benzene rings is 4. The fourth-order valence-electron chi connectivity index (χ4n) is 4.02. The van der Waals surface area contributed by atoms with E-state index < -0.39 is 0 Å². The van der Waals surface area contributed by atoms with Crippen molar-refractivity contribution in [3.8, 4) is 11.8 Å². The smallest absolute Gasteiger partial charge is 0.134 e. The van der Waals surface area contributed by atoms with Crippen molar-refractivity contribution in [2.24, 2.45) is 0 Å². The van der Waals surface area contributed by atoms with Crippen LogP contribution in [0, 0.1) is 17.7 Å². The standard InChI is InChI=1S/C32H29F/c1-3-5-6-24-7-9-25(10-8-24)11-12-26-13-15-27(16-14-26)17-18-28-19-22-31-30(23-28)21-20-29(4-2)32(31)33/h3,7-10,13-16,19-23H,1,4-6,11-12H2,2H3. The van der Waals surface area contributed by atoms with Crippen LogP contribution in [-0.2, 0) is 25.7 Å². The van der Waals surface area contributed by atoms with E-state index in [2.05, 4.69) is 67.0 Å². The minimum absolute atomic E-state index is 0.117. The van der Waals surface area contributed by atoms with E-state index in [0.717, 1.165) is 47.8 Å². The molecule has 0 nitrogen and oxygen atoms in total. The predicted molar refractivity (Wildman–Crippen MR) is 138 cm³/mol. The molecule has 0 aliphatic carbocycles. The van der Waals surface area contributed by atoms with Gasteiger partial charge in [-0.15, -0.1) is 6.58 Å². The van der Waals surface area contributed by atoms with Crippen LogP contribution in [0.4, 0.5) is 4.39 Å². The van der Waals surface area contributed by atoms with Gasteiger partial charge in [0.2, 0.25) is 0 Å². The van der Waals surface area contributed by atoms with Gasteiger partial charge >= 0.3 is 0 Å². The van der Waals surface area contributed by atoms with Crippen molar-refractivity contribution in [1.82, 2.24) is 0 Å². The molecule has 0 heterocycles. The van der Waals surface area contributed by atoms with E-state index in [1.807, 2.05) is 43.3 Å². The zero-order valence-electron chi connectivity index (χ0n) is 19.2.